The maximum absolute atomic E-state index is 6.66. The first-order valence-electron chi connectivity index (χ1n) is 35.1. The van der Waals surface area contributed by atoms with Gasteiger partial charge in [-0.05, 0) is 145 Å². The molecule has 0 atom stereocenters. The molecule has 0 radical (unpaired) electrons. The van der Waals surface area contributed by atoms with E-state index in [0.29, 0.717) is 40.0 Å². The van der Waals surface area contributed by atoms with Gasteiger partial charge in [0.2, 0.25) is 0 Å². The molecule has 0 unspecified atom stereocenters. The Bertz CT molecular complexity index is 6720. The Labute approximate surface area is 607 Å². The summed E-state index contributed by atoms with van der Waals surface area (Å²) in [5.74, 6) is 3.71. The molecule has 1 aliphatic rings. The minimum absolute atomic E-state index is 0.598. The minimum Gasteiger partial charge on any atom is -0.456 e. The first kappa shape index (κ1) is 61.2. The fraction of sp³-hybridized carbons (Fsp3) is 0.0105. The SMILES string of the molecule is Clc1ccc2c(c1)oc1cccc(-c3nc(-c4ccccc4)nc(-c4ccccc4)n3)c12.c1ccc(-c2nc(-c3ccccc3)nc(-c3cccc4oc5cc(-n6c7cc8ccccc8cc7c7cc8ccccc8cc76)ccc5c34)n2)cc1.c1ccc2cc3c(cc2c1)Cc1cc2ccccc2cc1-3. The lowest BCUT2D eigenvalue weighted by atomic mass is 9.99. The van der Waals surface area contributed by atoms with Gasteiger partial charge in [0.15, 0.2) is 34.9 Å². The van der Waals surface area contributed by atoms with Gasteiger partial charge < -0.3 is 13.4 Å². The molecule has 1 aliphatic carbocycles. The molecule has 0 bridgehead atoms. The van der Waals surface area contributed by atoms with Crippen molar-refractivity contribution in [1.29, 1.82) is 0 Å². The molecule has 0 saturated heterocycles. The van der Waals surface area contributed by atoms with E-state index in [0.717, 1.165) is 100 Å². The van der Waals surface area contributed by atoms with Crippen LogP contribution in [0.1, 0.15) is 11.1 Å². The molecule has 0 amide bonds. The fourth-order valence-corrected chi connectivity index (χ4v) is 15.4. The van der Waals surface area contributed by atoms with Crippen LogP contribution >= 0.6 is 11.6 Å². The molecule has 21 aromatic rings. The van der Waals surface area contributed by atoms with E-state index in [1.54, 1.807) is 0 Å². The first-order valence-corrected chi connectivity index (χ1v) is 35.5. The van der Waals surface area contributed by atoms with E-state index >= 15 is 0 Å². The standard InChI is InChI=1S/C47H28N4O.C27H16ClN3O.C21H14/c1-3-12-29(13-4-1)45-48-46(30-14-5-2-6-15-30)50-47(49-45)37-20-11-21-42-44(37)36-23-22-35(28-43(36)52-42)51-40-26-33-18-9-7-16-31(33)24-38(40)39-25-32-17-8-10-19-34(32)27-41(39)51;28-19-14-15-20-23(16-19)32-22-13-7-12-21(24(20)22)27-30-25(17-8-3-1-4-9-17)29-26(31-27)18-10-5-2-6-11-18;1-3-7-16-12-20-18(9-14(16)5-1)11-19-10-15-6-2-4-8-17(15)13-21(19)20/h1-28H;1-16H;1-10,12-13H,11H2. The highest BCUT2D eigenvalue weighted by atomic mass is 35.5. The lowest BCUT2D eigenvalue weighted by Gasteiger charge is -2.10. The fourth-order valence-electron chi connectivity index (χ4n) is 15.2. The van der Waals surface area contributed by atoms with Crippen LogP contribution in [0, 0.1) is 0 Å². The van der Waals surface area contributed by atoms with Crippen LogP contribution < -0.4 is 0 Å². The molecule has 0 spiro atoms. The van der Waals surface area contributed by atoms with Crippen molar-refractivity contribution in [2.45, 2.75) is 6.42 Å². The lowest BCUT2D eigenvalue weighted by molar-refractivity contribution is 0.668. The molecule has 5 heterocycles. The molecule has 0 fully saturated rings. The largest absolute Gasteiger partial charge is 0.456 e. The average Bonchev–Trinajstić information content (AvgIpc) is 1.59. The van der Waals surface area contributed by atoms with Crippen molar-refractivity contribution in [3.05, 3.63) is 356 Å². The Kier molecular flexibility index (Phi) is 14.8. The molecule has 0 saturated carbocycles. The van der Waals surface area contributed by atoms with Gasteiger partial charge in [0, 0.05) is 88.5 Å². The summed E-state index contributed by atoms with van der Waals surface area (Å²) >= 11 is 6.19. The van der Waals surface area contributed by atoms with Crippen LogP contribution in [0.5, 0.6) is 0 Å². The number of hydrogen-bond acceptors (Lipinski definition) is 8. The summed E-state index contributed by atoms with van der Waals surface area (Å²) in [5.41, 5.74) is 17.7. The molecular weight excluding hydrogens is 1310 g/mol. The third kappa shape index (κ3) is 11.1. The van der Waals surface area contributed by atoms with E-state index in [2.05, 4.69) is 174 Å². The zero-order valence-corrected chi connectivity index (χ0v) is 57.1. The predicted octanol–water partition coefficient (Wildman–Crippen LogP) is 25.2. The van der Waals surface area contributed by atoms with Gasteiger partial charge in [0.05, 0.1) is 11.0 Å². The van der Waals surface area contributed by atoms with Gasteiger partial charge >= 0.3 is 0 Å². The Hall–Kier alpha value is -13.7. The second-order valence-corrected chi connectivity index (χ2v) is 27.1. The molecule has 9 nitrogen and oxygen atoms in total. The highest BCUT2D eigenvalue weighted by Gasteiger charge is 2.24. The van der Waals surface area contributed by atoms with Crippen LogP contribution in [0.3, 0.4) is 0 Å². The number of rotatable bonds is 7. The number of benzene rings is 16. The van der Waals surface area contributed by atoms with Crippen molar-refractivity contribution in [1.82, 2.24) is 34.5 Å². The molecule has 16 aromatic carbocycles. The third-order valence-corrected chi connectivity index (χ3v) is 20.4. The summed E-state index contributed by atoms with van der Waals surface area (Å²) in [7, 11) is 0. The number of halogens is 1. The Morgan fingerprint density at radius 1 is 0.248 bits per heavy atom. The maximum Gasteiger partial charge on any atom is 0.164 e. The monoisotopic (exact) mass is 1360 g/mol. The van der Waals surface area contributed by atoms with Crippen LogP contribution in [0.15, 0.2) is 349 Å². The zero-order chi connectivity index (χ0) is 69.5. The van der Waals surface area contributed by atoms with E-state index in [-0.39, 0.29) is 0 Å². The molecular formula is C95H58ClN7O2. The normalized spacial score (nSPS) is 11.8. The predicted molar refractivity (Wildman–Crippen MR) is 431 cm³/mol. The van der Waals surface area contributed by atoms with Gasteiger partial charge in [0.1, 0.15) is 22.3 Å². The lowest BCUT2D eigenvalue weighted by Crippen LogP contribution is -2.00. The summed E-state index contributed by atoms with van der Waals surface area (Å²) in [5, 5.41) is 17.2. The second kappa shape index (κ2) is 25.4. The summed E-state index contributed by atoms with van der Waals surface area (Å²) in [4.78, 5) is 29.5. The summed E-state index contributed by atoms with van der Waals surface area (Å²) < 4.78 is 15.1. The van der Waals surface area contributed by atoms with E-state index in [1.165, 1.54) is 76.1 Å². The van der Waals surface area contributed by atoms with Crippen molar-refractivity contribution >= 4 is 120 Å². The topological polar surface area (TPSA) is 109 Å². The number of furan rings is 2. The molecule has 105 heavy (non-hydrogen) atoms. The summed E-state index contributed by atoms with van der Waals surface area (Å²) in [6.07, 6.45) is 1.06. The van der Waals surface area contributed by atoms with Crippen LogP contribution in [0.25, 0.3) is 194 Å². The highest BCUT2D eigenvalue weighted by molar-refractivity contribution is 6.31. The molecule has 0 N–H and O–H groups in total. The Morgan fingerprint density at radius 2 is 0.581 bits per heavy atom. The van der Waals surface area contributed by atoms with Crippen LogP contribution in [0.2, 0.25) is 5.02 Å². The van der Waals surface area contributed by atoms with Gasteiger partial charge in [-0.25, -0.2) is 29.9 Å². The van der Waals surface area contributed by atoms with E-state index in [9.17, 15) is 0 Å². The summed E-state index contributed by atoms with van der Waals surface area (Å²) in [6.45, 7) is 0. The molecule has 10 heteroatoms. The number of aromatic nitrogens is 7. The third-order valence-electron chi connectivity index (χ3n) is 20.2. The molecule has 22 rings (SSSR count). The Balaban J connectivity index is 0.000000117. The van der Waals surface area contributed by atoms with Crippen LogP contribution in [-0.2, 0) is 6.42 Å². The number of nitrogens with zero attached hydrogens (tertiary/aromatic N) is 7. The minimum atomic E-state index is 0.598. The van der Waals surface area contributed by atoms with Crippen molar-refractivity contribution in [2.75, 3.05) is 0 Å². The molecule has 5 aromatic heterocycles. The summed E-state index contributed by atoms with van der Waals surface area (Å²) in [6, 6.07) is 117. The highest BCUT2D eigenvalue weighted by Crippen LogP contribution is 2.44. The van der Waals surface area contributed by atoms with Gasteiger partial charge in [-0.2, -0.15) is 0 Å². The quantitative estimate of drug-likeness (QED) is 0.155. The maximum atomic E-state index is 6.66. The molecule has 492 valence electrons. The van der Waals surface area contributed by atoms with Crippen molar-refractivity contribution in [2.24, 2.45) is 0 Å². The second-order valence-electron chi connectivity index (χ2n) is 26.6. The van der Waals surface area contributed by atoms with Crippen molar-refractivity contribution in [3.63, 3.8) is 0 Å². The Morgan fingerprint density at radius 3 is 0.981 bits per heavy atom. The van der Waals surface area contributed by atoms with Gasteiger partial charge in [-0.15, -0.1) is 0 Å². The molecule has 0 aliphatic heterocycles. The van der Waals surface area contributed by atoms with E-state index in [4.69, 9.17) is 50.3 Å². The smallest absolute Gasteiger partial charge is 0.164 e. The zero-order valence-electron chi connectivity index (χ0n) is 56.4. The van der Waals surface area contributed by atoms with Gasteiger partial charge in [0.25, 0.3) is 0 Å². The van der Waals surface area contributed by atoms with Crippen LogP contribution in [0.4, 0.5) is 0 Å². The average molecular weight is 1370 g/mol. The van der Waals surface area contributed by atoms with E-state index in [1.807, 2.05) is 170 Å². The van der Waals surface area contributed by atoms with Crippen molar-refractivity contribution < 1.29 is 8.83 Å². The van der Waals surface area contributed by atoms with Gasteiger partial charge in [-0.3, -0.25) is 0 Å². The number of hydrogen-bond donors (Lipinski definition) is 0. The van der Waals surface area contributed by atoms with Crippen molar-refractivity contribution in [3.8, 4) is 85.1 Å². The van der Waals surface area contributed by atoms with Crippen LogP contribution in [-0.4, -0.2) is 34.5 Å². The number of fused-ring (bicyclic) bond motifs is 16. The van der Waals surface area contributed by atoms with E-state index < -0.39 is 0 Å². The van der Waals surface area contributed by atoms with Gasteiger partial charge in [-0.1, -0.05) is 266 Å². The first-order chi connectivity index (χ1) is 51.9.